The van der Waals surface area contributed by atoms with Crippen molar-refractivity contribution >= 4 is 55.9 Å². The van der Waals surface area contributed by atoms with E-state index < -0.39 is 68.4 Å². The topological polar surface area (TPSA) is 200 Å². The van der Waals surface area contributed by atoms with Crippen LogP contribution in [0.5, 0.6) is 5.88 Å². The number of nitrogens with zero attached hydrogens (tertiary/aromatic N) is 3. The molecule has 3 N–H and O–H groups in total. The van der Waals surface area contributed by atoms with Crippen LogP contribution < -0.4 is 20.1 Å². The number of amides is 3. The fraction of sp³-hybridized carbons (Fsp3) is 0.462. The van der Waals surface area contributed by atoms with Gasteiger partial charge in [0.2, 0.25) is 21.8 Å². The van der Waals surface area contributed by atoms with Crippen LogP contribution in [0.4, 0.5) is 0 Å². The molecule has 2 unspecified atom stereocenters. The molecule has 3 amide bonds. The molecule has 0 radical (unpaired) electrons. The summed E-state index contributed by atoms with van der Waals surface area (Å²) >= 11 is 1.48. The van der Waals surface area contributed by atoms with Gasteiger partial charge in [-0.05, 0) is 81.9 Å². The van der Waals surface area contributed by atoms with Crippen molar-refractivity contribution in [3.8, 4) is 16.5 Å². The summed E-state index contributed by atoms with van der Waals surface area (Å²) in [4.78, 5) is 66.8. The summed E-state index contributed by atoms with van der Waals surface area (Å²) in [6.07, 6.45) is 7.80. The SMILES string of the molecule is Cc1cc(C(=O)N[C@@H]2CCCCC/C=C\C3C[C@@]3(C(=O)NS(=O)(=O)C3CC3)NC(=O)[C@@H]3C[C@@H](Oc4nc5ccccc5nc4-c4cccs4)CC3C2=O)no1. The van der Waals surface area contributed by atoms with Crippen LogP contribution in [0.25, 0.3) is 21.6 Å². The maximum Gasteiger partial charge on any atom is 0.274 e. The number of carbonyl (C=O) groups is 4. The predicted molar refractivity (Wildman–Crippen MR) is 202 cm³/mol. The van der Waals surface area contributed by atoms with E-state index in [9.17, 15) is 27.6 Å². The van der Waals surface area contributed by atoms with Gasteiger partial charge in [-0.3, -0.25) is 23.9 Å². The van der Waals surface area contributed by atoms with Crippen LogP contribution in [-0.4, -0.2) is 70.0 Å². The molecule has 3 aromatic heterocycles. The Bertz CT molecular complexity index is 2270. The van der Waals surface area contributed by atoms with Gasteiger partial charge in [-0.25, -0.2) is 18.4 Å². The highest BCUT2D eigenvalue weighted by atomic mass is 32.2. The van der Waals surface area contributed by atoms with Crippen molar-refractivity contribution in [1.29, 1.82) is 0 Å². The van der Waals surface area contributed by atoms with E-state index in [2.05, 4.69) is 20.5 Å². The summed E-state index contributed by atoms with van der Waals surface area (Å²) in [5.74, 6) is -3.83. The van der Waals surface area contributed by atoms with E-state index in [0.29, 0.717) is 54.6 Å². The quantitative estimate of drug-likeness (QED) is 0.207. The van der Waals surface area contributed by atoms with Crippen LogP contribution >= 0.6 is 11.3 Å². The monoisotopic (exact) mass is 786 g/mol. The highest BCUT2D eigenvalue weighted by Gasteiger charge is 2.62. The highest BCUT2D eigenvalue weighted by Crippen LogP contribution is 2.47. The minimum atomic E-state index is -3.89. The Morgan fingerprint density at radius 1 is 1.00 bits per heavy atom. The molecule has 55 heavy (non-hydrogen) atoms. The first kappa shape index (κ1) is 37.0. The van der Waals surface area contributed by atoms with E-state index >= 15 is 0 Å². The van der Waals surface area contributed by atoms with E-state index in [1.165, 1.54) is 17.4 Å². The second-order valence-electron chi connectivity index (χ2n) is 15.0. The lowest BCUT2D eigenvalue weighted by molar-refractivity contribution is -0.136. The predicted octanol–water partition coefficient (Wildman–Crippen LogP) is 4.80. The molecule has 1 aliphatic heterocycles. The number of thiophene rings is 1. The summed E-state index contributed by atoms with van der Waals surface area (Å²) in [6, 6.07) is 11.8. The number of hydrogen-bond acceptors (Lipinski definition) is 12. The number of para-hydroxylation sites is 2. The summed E-state index contributed by atoms with van der Waals surface area (Å²) in [7, 11) is -3.89. The van der Waals surface area contributed by atoms with Gasteiger partial charge in [0.15, 0.2) is 11.5 Å². The minimum Gasteiger partial charge on any atom is -0.473 e. The molecule has 288 valence electrons. The van der Waals surface area contributed by atoms with Crippen molar-refractivity contribution in [2.24, 2.45) is 17.8 Å². The van der Waals surface area contributed by atoms with E-state index in [-0.39, 0.29) is 36.6 Å². The number of aryl methyl sites for hydroxylation is 1. The van der Waals surface area contributed by atoms with Gasteiger partial charge in [0.05, 0.1) is 33.1 Å². The number of ether oxygens (including phenoxy) is 1. The Balaban J connectivity index is 1.12. The average Bonchev–Trinajstić information content (AvgIpc) is 3.94. The van der Waals surface area contributed by atoms with E-state index in [1.807, 2.05) is 53.9 Å². The molecule has 4 aliphatic rings. The lowest BCUT2D eigenvalue weighted by Gasteiger charge is -2.26. The summed E-state index contributed by atoms with van der Waals surface area (Å²) in [5.41, 5.74) is 0.387. The number of fused-ring (bicyclic) bond motifs is 3. The average molecular weight is 787 g/mol. The maximum absolute atomic E-state index is 14.7. The molecule has 16 heteroatoms. The van der Waals surface area contributed by atoms with Crippen molar-refractivity contribution in [2.45, 2.75) is 94.1 Å². The van der Waals surface area contributed by atoms with Crippen molar-refractivity contribution in [3.63, 3.8) is 0 Å². The molecule has 0 saturated heterocycles. The summed E-state index contributed by atoms with van der Waals surface area (Å²) in [5, 5.41) is 10.9. The van der Waals surface area contributed by atoms with Gasteiger partial charge in [-0.1, -0.05) is 48.3 Å². The van der Waals surface area contributed by atoms with Gasteiger partial charge in [-0.15, -0.1) is 11.3 Å². The summed E-state index contributed by atoms with van der Waals surface area (Å²) in [6.45, 7) is 1.66. The number of rotatable bonds is 8. The number of ketones is 1. The molecule has 1 aromatic carbocycles. The van der Waals surface area contributed by atoms with Gasteiger partial charge in [0, 0.05) is 17.9 Å². The molecule has 4 heterocycles. The Morgan fingerprint density at radius 2 is 1.78 bits per heavy atom. The third-order valence-corrected chi connectivity index (χ3v) is 13.7. The van der Waals surface area contributed by atoms with E-state index in [0.717, 1.165) is 17.7 Å². The van der Waals surface area contributed by atoms with Crippen LogP contribution in [0.3, 0.4) is 0 Å². The number of carbonyl (C=O) groups excluding carboxylic acids is 4. The molecule has 4 aromatic rings. The molecule has 8 rings (SSSR count). The first-order valence-corrected chi connectivity index (χ1v) is 21.2. The van der Waals surface area contributed by atoms with Crippen molar-refractivity contribution in [3.05, 3.63) is 71.5 Å². The summed E-state index contributed by atoms with van der Waals surface area (Å²) < 4.78 is 39.7. The fourth-order valence-corrected chi connectivity index (χ4v) is 9.83. The molecular formula is C39H42N6O8S2. The number of allylic oxidation sites excluding steroid dienone is 1. The van der Waals surface area contributed by atoms with Gasteiger partial charge in [0.1, 0.15) is 23.1 Å². The Morgan fingerprint density at radius 3 is 2.51 bits per heavy atom. The van der Waals surface area contributed by atoms with Crippen LogP contribution in [0.1, 0.15) is 80.5 Å². The first-order valence-electron chi connectivity index (χ1n) is 18.8. The molecule has 6 atom stereocenters. The molecule has 3 fully saturated rings. The third-order valence-electron chi connectivity index (χ3n) is 11.0. The molecular weight excluding hydrogens is 745 g/mol. The van der Waals surface area contributed by atoms with Crippen LogP contribution in [0.2, 0.25) is 0 Å². The number of aromatic nitrogens is 3. The zero-order valence-electron chi connectivity index (χ0n) is 30.2. The van der Waals surface area contributed by atoms with Gasteiger partial charge >= 0.3 is 0 Å². The van der Waals surface area contributed by atoms with E-state index in [4.69, 9.17) is 19.2 Å². The Hall–Kier alpha value is -4.96. The number of sulfonamides is 1. The Labute approximate surface area is 321 Å². The smallest absolute Gasteiger partial charge is 0.274 e. The lowest BCUT2D eigenvalue weighted by Crippen LogP contribution is -2.54. The maximum atomic E-state index is 14.7. The largest absolute Gasteiger partial charge is 0.473 e. The van der Waals surface area contributed by atoms with Crippen LogP contribution in [0.15, 0.2) is 64.5 Å². The molecule has 3 aliphatic carbocycles. The van der Waals surface area contributed by atoms with Gasteiger partial charge in [0.25, 0.3) is 11.8 Å². The zero-order chi connectivity index (χ0) is 38.3. The number of nitrogens with one attached hydrogen (secondary N) is 3. The normalized spacial score (nSPS) is 27.8. The first-order chi connectivity index (χ1) is 26.5. The van der Waals surface area contributed by atoms with Crippen molar-refractivity contribution in [2.75, 3.05) is 0 Å². The van der Waals surface area contributed by atoms with Crippen molar-refractivity contribution < 1.29 is 36.9 Å². The molecule has 14 nitrogen and oxygen atoms in total. The minimum absolute atomic E-state index is 0.0399. The zero-order valence-corrected chi connectivity index (χ0v) is 31.9. The Kier molecular flexibility index (Phi) is 10.0. The lowest BCUT2D eigenvalue weighted by atomic mass is 9.85. The third kappa shape index (κ3) is 7.79. The molecule has 0 bridgehead atoms. The van der Waals surface area contributed by atoms with E-state index in [1.54, 1.807) is 6.92 Å². The number of hydrogen-bond donors (Lipinski definition) is 3. The second kappa shape index (κ2) is 14.9. The fourth-order valence-electron chi connectivity index (χ4n) is 7.76. The van der Waals surface area contributed by atoms with Crippen molar-refractivity contribution in [1.82, 2.24) is 30.5 Å². The highest BCUT2D eigenvalue weighted by molar-refractivity contribution is 7.91. The second-order valence-corrected chi connectivity index (χ2v) is 17.9. The van der Waals surface area contributed by atoms with Crippen LogP contribution in [0, 0.1) is 24.7 Å². The number of benzene rings is 1. The van der Waals surface area contributed by atoms with Crippen LogP contribution in [-0.2, 0) is 24.4 Å². The molecule has 3 saturated carbocycles. The van der Waals surface area contributed by atoms with Gasteiger partial charge < -0.3 is 19.9 Å². The standard InChI is InChI=1S/C39H42N6O8S2/c1-22-18-31(44-53-22)36(48)41-30-13-6-4-2-3-5-10-23-21-39(23,38(49)45-55(50,51)25-15-16-25)43-35(47)27-20-24(19-26(27)34(30)46)52-37-33(32-14-9-17-54-32)40-28-11-7-8-12-29(28)42-37/h5,7-12,14,17-18,23-27,30H,2-4,6,13,15-16,19-21H2,1H3,(H,41,48)(H,43,47)(H,45,49)/b10-5-/t23?,24-,26?,27+,30+,39+/m0/s1. The molecule has 0 spiro atoms. The van der Waals surface area contributed by atoms with Gasteiger partial charge in [-0.2, -0.15) is 0 Å². The number of Topliss-reactive ketones (excluding diaryl/α,β-unsaturated/α-hetero) is 1.